The quantitative estimate of drug-likeness (QED) is 0.697. The summed E-state index contributed by atoms with van der Waals surface area (Å²) in [5.74, 6) is 0. The molecular formula is C13H24N2S. The van der Waals surface area contributed by atoms with Crippen molar-refractivity contribution in [1.29, 1.82) is 0 Å². The van der Waals surface area contributed by atoms with Crippen LogP contribution in [0.4, 0.5) is 0 Å². The van der Waals surface area contributed by atoms with Crippen molar-refractivity contribution in [3.8, 4) is 0 Å². The van der Waals surface area contributed by atoms with E-state index in [0.717, 1.165) is 12.2 Å². The van der Waals surface area contributed by atoms with Crippen LogP contribution in [0, 0.1) is 6.92 Å². The molecule has 1 aromatic rings. The van der Waals surface area contributed by atoms with Crippen LogP contribution in [-0.2, 0) is 6.54 Å². The van der Waals surface area contributed by atoms with E-state index in [2.05, 4.69) is 29.5 Å². The molecular weight excluding hydrogens is 216 g/mol. The van der Waals surface area contributed by atoms with Gasteiger partial charge in [-0.1, -0.05) is 32.6 Å². The summed E-state index contributed by atoms with van der Waals surface area (Å²) in [5, 5.41) is 6.86. The first-order chi connectivity index (χ1) is 7.72. The lowest BCUT2D eigenvalue weighted by atomic mass is 10.1. The van der Waals surface area contributed by atoms with Crippen LogP contribution < -0.4 is 5.32 Å². The zero-order valence-electron chi connectivity index (χ0n) is 10.8. The SMILES string of the molecule is CCCCCCC(C)NCc1nc(C)cs1. The average molecular weight is 240 g/mol. The Morgan fingerprint density at radius 1 is 1.38 bits per heavy atom. The summed E-state index contributed by atoms with van der Waals surface area (Å²) in [7, 11) is 0. The standard InChI is InChI=1S/C13H24N2S/c1-4-5-6-7-8-11(2)14-9-13-15-12(3)10-16-13/h10-11,14H,4-9H2,1-3H3. The van der Waals surface area contributed by atoms with Crippen molar-refractivity contribution in [3.63, 3.8) is 0 Å². The van der Waals surface area contributed by atoms with E-state index in [1.807, 2.05) is 6.92 Å². The summed E-state index contributed by atoms with van der Waals surface area (Å²) in [5.41, 5.74) is 1.14. The Bertz CT molecular complexity index is 283. The number of rotatable bonds is 8. The normalized spacial score (nSPS) is 12.9. The van der Waals surface area contributed by atoms with Crippen LogP contribution in [0.5, 0.6) is 0 Å². The molecule has 3 heteroatoms. The molecule has 92 valence electrons. The number of nitrogens with zero attached hydrogens (tertiary/aromatic N) is 1. The molecule has 0 aliphatic carbocycles. The van der Waals surface area contributed by atoms with Gasteiger partial charge in [0, 0.05) is 23.7 Å². The zero-order valence-corrected chi connectivity index (χ0v) is 11.6. The van der Waals surface area contributed by atoms with Gasteiger partial charge < -0.3 is 5.32 Å². The summed E-state index contributed by atoms with van der Waals surface area (Å²) in [6, 6.07) is 0.612. The number of nitrogens with one attached hydrogen (secondary N) is 1. The summed E-state index contributed by atoms with van der Waals surface area (Å²) >= 11 is 1.75. The maximum absolute atomic E-state index is 4.45. The molecule has 1 rings (SSSR count). The van der Waals surface area contributed by atoms with E-state index in [9.17, 15) is 0 Å². The van der Waals surface area contributed by atoms with Crippen LogP contribution in [0.3, 0.4) is 0 Å². The van der Waals surface area contributed by atoms with Gasteiger partial charge in [-0.15, -0.1) is 11.3 Å². The van der Waals surface area contributed by atoms with Gasteiger partial charge in [0.15, 0.2) is 0 Å². The molecule has 16 heavy (non-hydrogen) atoms. The molecule has 1 N–H and O–H groups in total. The summed E-state index contributed by atoms with van der Waals surface area (Å²) < 4.78 is 0. The highest BCUT2D eigenvalue weighted by atomic mass is 32.1. The Balaban J connectivity index is 2.08. The second-order valence-electron chi connectivity index (χ2n) is 4.51. The second kappa shape index (κ2) is 7.80. The van der Waals surface area contributed by atoms with E-state index in [-0.39, 0.29) is 0 Å². The Morgan fingerprint density at radius 3 is 2.81 bits per heavy atom. The smallest absolute Gasteiger partial charge is 0.107 e. The number of hydrogen-bond acceptors (Lipinski definition) is 3. The number of unbranched alkanes of at least 4 members (excludes halogenated alkanes) is 3. The topological polar surface area (TPSA) is 24.9 Å². The van der Waals surface area contributed by atoms with Crippen molar-refractivity contribution in [2.24, 2.45) is 0 Å². The molecule has 1 atom stereocenters. The molecule has 0 amide bonds. The minimum atomic E-state index is 0.612. The molecule has 0 aliphatic rings. The Kier molecular flexibility index (Phi) is 6.65. The number of hydrogen-bond donors (Lipinski definition) is 1. The Morgan fingerprint density at radius 2 is 2.19 bits per heavy atom. The zero-order chi connectivity index (χ0) is 11.8. The van der Waals surface area contributed by atoms with Crippen molar-refractivity contribution in [2.75, 3.05) is 0 Å². The fraction of sp³-hybridized carbons (Fsp3) is 0.769. The maximum atomic E-state index is 4.45. The van der Waals surface area contributed by atoms with E-state index >= 15 is 0 Å². The minimum absolute atomic E-state index is 0.612. The van der Waals surface area contributed by atoms with Gasteiger partial charge in [0.25, 0.3) is 0 Å². The van der Waals surface area contributed by atoms with Gasteiger partial charge in [-0.25, -0.2) is 4.98 Å². The molecule has 0 saturated heterocycles. The van der Waals surface area contributed by atoms with E-state index < -0.39 is 0 Å². The molecule has 1 unspecified atom stereocenters. The molecule has 0 spiro atoms. The third kappa shape index (κ3) is 5.61. The first-order valence-electron chi connectivity index (χ1n) is 6.36. The van der Waals surface area contributed by atoms with Gasteiger partial charge in [-0.05, 0) is 20.3 Å². The van der Waals surface area contributed by atoms with Crippen molar-refractivity contribution >= 4 is 11.3 Å². The lowest BCUT2D eigenvalue weighted by Crippen LogP contribution is -2.25. The monoisotopic (exact) mass is 240 g/mol. The largest absolute Gasteiger partial charge is 0.308 e. The van der Waals surface area contributed by atoms with E-state index in [0.29, 0.717) is 6.04 Å². The summed E-state index contributed by atoms with van der Waals surface area (Å²) in [6.07, 6.45) is 6.70. The molecule has 0 aromatic carbocycles. The third-order valence-corrected chi connectivity index (χ3v) is 3.73. The van der Waals surface area contributed by atoms with Crippen LogP contribution in [0.1, 0.15) is 56.7 Å². The molecule has 0 aliphatic heterocycles. The minimum Gasteiger partial charge on any atom is -0.308 e. The maximum Gasteiger partial charge on any atom is 0.107 e. The van der Waals surface area contributed by atoms with Crippen LogP contribution in [0.2, 0.25) is 0 Å². The van der Waals surface area contributed by atoms with Gasteiger partial charge in [0.2, 0.25) is 0 Å². The molecule has 2 nitrogen and oxygen atoms in total. The molecule has 1 aromatic heterocycles. The predicted octanol–water partition coefficient (Wildman–Crippen LogP) is 3.90. The molecule has 1 heterocycles. The fourth-order valence-corrected chi connectivity index (χ4v) is 2.45. The summed E-state index contributed by atoms with van der Waals surface area (Å²) in [6.45, 7) is 7.50. The van der Waals surface area contributed by atoms with Crippen LogP contribution >= 0.6 is 11.3 Å². The highest BCUT2D eigenvalue weighted by Crippen LogP contribution is 2.10. The molecule has 0 radical (unpaired) electrons. The first kappa shape index (κ1) is 13.7. The molecule has 0 bridgehead atoms. The summed E-state index contributed by atoms with van der Waals surface area (Å²) in [4.78, 5) is 4.45. The van der Waals surface area contributed by atoms with E-state index in [1.165, 1.54) is 37.1 Å². The van der Waals surface area contributed by atoms with Crippen molar-refractivity contribution < 1.29 is 0 Å². The highest BCUT2D eigenvalue weighted by Gasteiger charge is 2.03. The van der Waals surface area contributed by atoms with Crippen molar-refractivity contribution in [3.05, 3.63) is 16.1 Å². The number of aryl methyl sites for hydroxylation is 1. The van der Waals surface area contributed by atoms with Crippen LogP contribution in [0.25, 0.3) is 0 Å². The van der Waals surface area contributed by atoms with Crippen LogP contribution in [-0.4, -0.2) is 11.0 Å². The van der Waals surface area contributed by atoms with Crippen LogP contribution in [0.15, 0.2) is 5.38 Å². The van der Waals surface area contributed by atoms with Crippen molar-refractivity contribution in [1.82, 2.24) is 10.3 Å². The van der Waals surface area contributed by atoms with Crippen molar-refractivity contribution in [2.45, 2.75) is 65.5 Å². The average Bonchev–Trinajstić information content (AvgIpc) is 2.68. The Labute approximate surface area is 103 Å². The molecule has 0 saturated carbocycles. The van der Waals surface area contributed by atoms with E-state index in [1.54, 1.807) is 11.3 Å². The van der Waals surface area contributed by atoms with Gasteiger partial charge in [0.1, 0.15) is 5.01 Å². The van der Waals surface area contributed by atoms with Gasteiger partial charge in [0.05, 0.1) is 0 Å². The van der Waals surface area contributed by atoms with E-state index in [4.69, 9.17) is 0 Å². The Hall–Kier alpha value is -0.410. The van der Waals surface area contributed by atoms with Gasteiger partial charge in [-0.3, -0.25) is 0 Å². The highest BCUT2D eigenvalue weighted by molar-refractivity contribution is 7.09. The predicted molar refractivity (Wildman–Crippen MR) is 71.9 cm³/mol. The van der Waals surface area contributed by atoms with Gasteiger partial charge in [-0.2, -0.15) is 0 Å². The first-order valence-corrected chi connectivity index (χ1v) is 7.24. The number of aromatic nitrogens is 1. The second-order valence-corrected chi connectivity index (χ2v) is 5.46. The fourth-order valence-electron chi connectivity index (χ4n) is 1.72. The number of thiazole rings is 1. The molecule has 0 fully saturated rings. The lowest BCUT2D eigenvalue weighted by molar-refractivity contribution is 0.482. The third-order valence-electron chi connectivity index (χ3n) is 2.76. The van der Waals surface area contributed by atoms with Gasteiger partial charge >= 0.3 is 0 Å². The lowest BCUT2D eigenvalue weighted by Gasteiger charge is -2.12.